The van der Waals surface area contributed by atoms with E-state index in [2.05, 4.69) is 4.72 Å². The second-order valence-electron chi connectivity index (χ2n) is 3.79. The maximum absolute atomic E-state index is 13.1. The van der Waals surface area contributed by atoms with Gasteiger partial charge in [-0.05, 0) is 42.7 Å². The van der Waals surface area contributed by atoms with Crippen molar-refractivity contribution in [3.05, 3.63) is 54.3 Å². The quantitative estimate of drug-likeness (QED) is 0.880. The summed E-state index contributed by atoms with van der Waals surface area (Å²) in [5, 5.41) is 0. The number of nitrogens with one attached hydrogen (secondary N) is 1. The smallest absolute Gasteiger partial charge is 0.261 e. The molecule has 0 radical (unpaired) electrons. The van der Waals surface area contributed by atoms with E-state index >= 15 is 0 Å². The standard InChI is InChI=1S/C13H12FNO2S2/c1-18-12-6-3-5-11(9-12)15-19(16,17)13-7-2-4-10(14)8-13/h2-9,15H,1H3. The van der Waals surface area contributed by atoms with Crippen LogP contribution in [-0.2, 0) is 10.0 Å². The van der Waals surface area contributed by atoms with Gasteiger partial charge >= 0.3 is 0 Å². The third-order valence-corrected chi connectivity index (χ3v) is 4.53. The zero-order valence-corrected chi connectivity index (χ0v) is 11.8. The molecule has 0 atom stereocenters. The summed E-state index contributed by atoms with van der Waals surface area (Å²) in [6.45, 7) is 0. The first-order valence-corrected chi connectivity index (χ1v) is 8.14. The molecule has 1 N–H and O–H groups in total. The van der Waals surface area contributed by atoms with E-state index in [1.165, 1.54) is 30.0 Å². The van der Waals surface area contributed by atoms with E-state index in [0.29, 0.717) is 5.69 Å². The molecule has 2 aromatic carbocycles. The van der Waals surface area contributed by atoms with E-state index in [1.807, 2.05) is 12.3 Å². The molecule has 6 heteroatoms. The average molecular weight is 297 g/mol. The minimum atomic E-state index is -3.76. The third kappa shape index (κ3) is 3.48. The Hall–Kier alpha value is -1.53. The van der Waals surface area contributed by atoms with Crippen LogP contribution < -0.4 is 4.72 Å². The minimum absolute atomic E-state index is 0.0953. The number of halogens is 1. The first-order chi connectivity index (χ1) is 9.01. The molecule has 3 nitrogen and oxygen atoms in total. The summed E-state index contributed by atoms with van der Waals surface area (Å²) in [6, 6.07) is 11.9. The van der Waals surface area contributed by atoms with Gasteiger partial charge in [0.1, 0.15) is 5.82 Å². The second kappa shape index (κ2) is 5.63. The van der Waals surface area contributed by atoms with Crippen LogP contribution in [0, 0.1) is 5.82 Å². The summed E-state index contributed by atoms with van der Waals surface area (Å²) in [5.41, 5.74) is 0.455. The van der Waals surface area contributed by atoms with Crippen molar-refractivity contribution in [2.75, 3.05) is 11.0 Å². The molecule has 0 aliphatic carbocycles. The molecule has 2 rings (SSSR count). The van der Waals surface area contributed by atoms with E-state index < -0.39 is 15.8 Å². The predicted octanol–water partition coefficient (Wildman–Crippen LogP) is 3.35. The molecule has 0 aliphatic heterocycles. The number of hydrogen-bond acceptors (Lipinski definition) is 3. The molecule has 0 unspecified atom stereocenters. The molecule has 0 saturated carbocycles. The maximum Gasteiger partial charge on any atom is 0.261 e. The van der Waals surface area contributed by atoms with Crippen LogP contribution in [0.4, 0.5) is 10.1 Å². The highest BCUT2D eigenvalue weighted by atomic mass is 32.2. The number of rotatable bonds is 4. The van der Waals surface area contributed by atoms with E-state index in [4.69, 9.17) is 0 Å². The summed E-state index contributed by atoms with van der Waals surface area (Å²) in [5.74, 6) is -0.583. The Balaban J connectivity index is 2.31. The fourth-order valence-electron chi connectivity index (χ4n) is 1.53. The lowest BCUT2D eigenvalue weighted by Crippen LogP contribution is -2.13. The molecule has 0 spiro atoms. The average Bonchev–Trinajstić information content (AvgIpc) is 2.38. The predicted molar refractivity (Wildman–Crippen MR) is 75.4 cm³/mol. The first-order valence-electron chi connectivity index (χ1n) is 5.44. The number of hydrogen-bond donors (Lipinski definition) is 1. The van der Waals surface area contributed by atoms with Crippen molar-refractivity contribution < 1.29 is 12.8 Å². The monoisotopic (exact) mass is 297 g/mol. The van der Waals surface area contributed by atoms with Crippen molar-refractivity contribution in [1.82, 2.24) is 0 Å². The van der Waals surface area contributed by atoms with Crippen LogP contribution in [0.1, 0.15) is 0 Å². The Morgan fingerprint density at radius 1 is 1.11 bits per heavy atom. The van der Waals surface area contributed by atoms with Crippen LogP contribution in [0.2, 0.25) is 0 Å². The van der Waals surface area contributed by atoms with Gasteiger partial charge in [-0.15, -0.1) is 11.8 Å². The molecule has 0 aliphatic rings. The van der Waals surface area contributed by atoms with Gasteiger partial charge in [0.05, 0.1) is 4.90 Å². The molecule has 2 aromatic rings. The van der Waals surface area contributed by atoms with Crippen molar-refractivity contribution >= 4 is 27.5 Å². The molecule has 19 heavy (non-hydrogen) atoms. The number of anilines is 1. The highest BCUT2D eigenvalue weighted by Crippen LogP contribution is 2.21. The molecule has 0 saturated heterocycles. The molecule has 0 aromatic heterocycles. The van der Waals surface area contributed by atoms with Gasteiger partial charge in [0.2, 0.25) is 0 Å². The van der Waals surface area contributed by atoms with E-state index in [-0.39, 0.29) is 4.90 Å². The normalized spacial score (nSPS) is 11.3. The SMILES string of the molecule is CSc1cccc(NS(=O)(=O)c2cccc(F)c2)c1. The van der Waals surface area contributed by atoms with Gasteiger partial charge in [0.15, 0.2) is 0 Å². The van der Waals surface area contributed by atoms with Crippen LogP contribution in [0.15, 0.2) is 58.3 Å². The Morgan fingerprint density at radius 3 is 2.53 bits per heavy atom. The summed E-state index contributed by atoms with van der Waals surface area (Å²) < 4.78 is 39.6. The van der Waals surface area contributed by atoms with Crippen LogP contribution in [0.5, 0.6) is 0 Å². The van der Waals surface area contributed by atoms with Crippen molar-refractivity contribution in [3.63, 3.8) is 0 Å². The van der Waals surface area contributed by atoms with Gasteiger partial charge in [0, 0.05) is 10.6 Å². The Bertz CT molecular complexity index is 687. The lowest BCUT2D eigenvalue weighted by atomic mass is 10.3. The largest absolute Gasteiger partial charge is 0.280 e. The highest BCUT2D eigenvalue weighted by molar-refractivity contribution is 7.98. The van der Waals surface area contributed by atoms with E-state index in [9.17, 15) is 12.8 Å². The number of sulfonamides is 1. The second-order valence-corrected chi connectivity index (χ2v) is 6.36. The van der Waals surface area contributed by atoms with Crippen LogP contribution >= 0.6 is 11.8 Å². The molecular formula is C13H12FNO2S2. The number of thioether (sulfide) groups is 1. The Morgan fingerprint density at radius 2 is 1.84 bits per heavy atom. The minimum Gasteiger partial charge on any atom is -0.280 e. The van der Waals surface area contributed by atoms with Gasteiger partial charge in [-0.3, -0.25) is 4.72 Å². The summed E-state index contributed by atoms with van der Waals surface area (Å²) >= 11 is 1.51. The lowest BCUT2D eigenvalue weighted by Gasteiger charge is -2.09. The van der Waals surface area contributed by atoms with Crippen LogP contribution in [0.3, 0.4) is 0 Å². The Kier molecular flexibility index (Phi) is 4.11. The van der Waals surface area contributed by atoms with Gasteiger partial charge in [0.25, 0.3) is 10.0 Å². The number of benzene rings is 2. The van der Waals surface area contributed by atoms with E-state index in [0.717, 1.165) is 11.0 Å². The zero-order chi connectivity index (χ0) is 13.9. The summed E-state index contributed by atoms with van der Waals surface area (Å²) in [4.78, 5) is 0.849. The van der Waals surface area contributed by atoms with Crippen LogP contribution in [0.25, 0.3) is 0 Å². The fraction of sp³-hybridized carbons (Fsp3) is 0.0769. The maximum atomic E-state index is 13.1. The van der Waals surface area contributed by atoms with Crippen molar-refractivity contribution in [2.45, 2.75) is 9.79 Å². The molecule has 0 heterocycles. The molecular weight excluding hydrogens is 285 g/mol. The zero-order valence-electron chi connectivity index (χ0n) is 10.1. The summed E-state index contributed by atoms with van der Waals surface area (Å²) in [7, 11) is -3.76. The topological polar surface area (TPSA) is 46.2 Å². The third-order valence-electron chi connectivity index (χ3n) is 2.43. The Labute approximate surface area is 115 Å². The first kappa shape index (κ1) is 13.9. The van der Waals surface area contributed by atoms with Crippen molar-refractivity contribution in [1.29, 1.82) is 0 Å². The fourth-order valence-corrected chi connectivity index (χ4v) is 3.07. The van der Waals surface area contributed by atoms with E-state index in [1.54, 1.807) is 18.2 Å². The highest BCUT2D eigenvalue weighted by Gasteiger charge is 2.14. The van der Waals surface area contributed by atoms with Gasteiger partial charge in [-0.25, -0.2) is 12.8 Å². The molecule has 0 bridgehead atoms. The summed E-state index contributed by atoms with van der Waals surface area (Å²) in [6.07, 6.45) is 1.90. The van der Waals surface area contributed by atoms with Gasteiger partial charge < -0.3 is 0 Å². The van der Waals surface area contributed by atoms with Crippen molar-refractivity contribution in [3.8, 4) is 0 Å². The molecule has 100 valence electrons. The molecule has 0 fully saturated rings. The van der Waals surface area contributed by atoms with Gasteiger partial charge in [-0.2, -0.15) is 0 Å². The van der Waals surface area contributed by atoms with Crippen molar-refractivity contribution in [2.24, 2.45) is 0 Å². The lowest BCUT2D eigenvalue weighted by molar-refractivity contribution is 0.595. The molecule has 0 amide bonds. The van der Waals surface area contributed by atoms with Gasteiger partial charge in [-0.1, -0.05) is 12.1 Å². The van der Waals surface area contributed by atoms with Crippen LogP contribution in [-0.4, -0.2) is 14.7 Å².